The van der Waals surface area contributed by atoms with Crippen LogP contribution in [0.3, 0.4) is 0 Å². The number of urea groups is 1. The van der Waals surface area contributed by atoms with Crippen molar-refractivity contribution < 1.29 is 19.1 Å². The van der Waals surface area contributed by atoms with Gasteiger partial charge in [0.15, 0.2) is 0 Å². The summed E-state index contributed by atoms with van der Waals surface area (Å²) in [6, 6.07) is -1.43. The Morgan fingerprint density at radius 1 is 1.47 bits per heavy atom. The lowest BCUT2D eigenvalue weighted by atomic mass is 10.3. The third-order valence-electron chi connectivity index (χ3n) is 2.45. The molecule has 0 aliphatic carbocycles. The molecular weight excluding hydrogens is 270 g/mol. The van der Waals surface area contributed by atoms with Crippen LogP contribution in [-0.4, -0.2) is 53.8 Å². The second kappa shape index (κ2) is 6.76. The van der Waals surface area contributed by atoms with E-state index in [1.165, 1.54) is 19.0 Å². The van der Waals surface area contributed by atoms with E-state index in [0.717, 1.165) is 4.90 Å². The number of ether oxygens (including phenoxy) is 1. The van der Waals surface area contributed by atoms with Gasteiger partial charge >= 0.3 is 12.0 Å². The van der Waals surface area contributed by atoms with E-state index in [1.807, 2.05) is 0 Å². The highest BCUT2D eigenvalue weighted by atomic mass is 32.2. The van der Waals surface area contributed by atoms with Crippen molar-refractivity contribution in [3.8, 4) is 0 Å². The normalized spacial score (nSPS) is 20.7. The van der Waals surface area contributed by atoms with Crippen molar-refractivity contribution in [1.29, 1.82) is 0 Å². The van der Waals surface area contributed by atoms with Crippen molar-refractivity contribution in [1.82, 2.24) is 14.9 Å². The van der Waals surface area contributed by atoms with Gasteiger partial charge in [0.05, 0.1) is 6.10 Å². The molecule has 108 valence electrons. The Hall–Kier alpha value is -1.28. The molecule has 0 spiro atoms. The summed E-state index contributed by atoms with van der Waals surface area (Å²) in [7, 11) is 1.43. The standard InChI is InChI=1S/C11H19N3O4S/c1-6(2)18-10(16)7(3)13-19-5-8-9(15)14(4)11(17)12-8/h6-8,13H,5H2,1-4H3,(H,12,17)/t7-,8+/m1/s1. The maximum absolute atomic E-state index is 11.6. The maximum Gasteiger partial charge on any atom is 0.324 e. The van der Waals surface area contributed by atoms with Crippen molar-refractivity contribution >= 4 is 29.9 Å². The molecule has 0 aromatic heterocycles. The van der Waals surface area contributed by atoms with Crippen molar-refractivity contribution in [2.24, 2.45) is 0 Å². The highest BCUT2D eigenvalue weighted by molar-refractivity contribution is 7.97. The average Bonchev–Trinajstić information content (AvgIpc) is 2.56. The lowest BCUT2D eigenvalue weighted by Gasteiger charge is -2.15. The number of hydrogen-bond acceptors (Lipinski definition) is 6. The van der Waals surface area contributed by atoms with Gasteiger partial charge < -0.3 is 10.1 Å². The van der Waals surface area contributed by atoms with E-state index >= 15 is 0 Å². The molecule has 0 aromatic rings. The number of carbonyl (C=O) groups is 3. The molecule has 0 saturated carbocycles. The van der Waals surface area contributed by atoms with E-state index in [4.69, 9.17) is 4.74 Å². The Morgan fingerprint density at radius 2 is 2.11 bits per heavy atom. The number of imide groups is 1. The molecule has 0 radical (unpaired) electrons. The highest BCUT2D eigenvalue weighted by Gasteiger charge is 2.35. The molecule has 2 N–H and O–H groups in total. The van der Waals surface area contributed by atoms with Crippen LogP contribution in [0.4, 0.5) is 4.79 Å². The highest BCUT2D eigenvalue weighted by Crippen LogP contribution is 2.09. The quantitative estimate of drug-likeness (QED) is 0.410. The van der Waals surface area contributed by atoms with Crippen molar-refractivity contribution in [3.05, 3.63) is 0 Å². The predicted octanol–water partition coefficient (Wildman–Crippen LogP) is 0.115. The van der Waals surface area contributed by atoms with Crippen LogP contribution in [-0.2, 0) is 14.3 Å². The number of likely N-dealkylation sites (N-methyl/N-ethyl adjacent to an activating group) is 1. The monoisotopic (exact) mass is 289 g/mol. The lowest BCUT2D eigenvalue weighted by molar-refractivity contribution is -0.148. The Balaban J connectivity index is 2.29. The van der Waals surface area contributed by atoms with Crippen LogP contribution in [0, 0.1) is 0 Å². The molecule has 0 bridgehead atoms. The van der Waals surface area contributed by atoms with Gasteiger partial charge in [-0.25, -0.2) is 4.79 Å². The van der Waals surface area contributed by atoms with Crippen molar-refractivity contribution in [2.75, 3.05) is 12.8 Å². The molecule has 8 heteroatoms. The van der Waals surface area contributed by atoms with Gasteiger partial charge in [-0.05, 0) is 20.8 Å². The number of nitrogens with one attached hydrogen (secondary N) is 2. The van der Waals surface area contributed by atoms with Crippen LogP contribution in [0.1, 0.15) is 20.8 Å². The minimum atomic E-state index is -0.552. The smallest absolute Gasteiger partial charge is 0.324 e. The molecule has 1 rings (SSSR count). The molecule has 0 aromatic carbocycles. The van der Waals surface area contributed by atoms with Gasteiger partial charge in [-0.2, -0.15) is 0 Å². The fraction of sp³-hybridized carbons (Fsp3) is 0.727. The molecule has 1 fully saturated rings. The van der Waals surface area contributed by atoms with E-state index in [0.29, 0.717) is 5.75 Å². The van der Waals surface area contributed by atoms with Gasteiger partial charge in [0.25, 0.3) is 5.91 Å². The Kier molecular flexibility index (Phi) is 5.61. The first-order chi connectivity index (χ1) is 8.82. The van der Waals surface area contributed by atoms with E-state index in [-0.39, 0.29) is 18.0 Å². The van der Waals surface area contributed by atoms with Gasteiger partial charge in [0.1, 0.15) is 12.1 Å². The largest absolute Gasteiger partial charge is 0.462 e. The Labute approximate surface area is 116 Å². The fourth-order valence-corrected chi connectivity index (χ4v) is 2.23. The van der Waals surface area contributed by atoms with Gasteiger partial charge in [0.2, 0.25) is 0 Å². The molecule has 0 unspecified atom stereocenters. The van der Waals surface area contributed by atoms with Crippen LogP contribution in [0.15, 0.2) is 0 Å². The van der Waals surface area contributed by atoms with Crippen LogP contribution in [0.5, 0.6) is 0 Å². The Bertz CT molecular complexity index is 375. The summed E-state index contributed by atoms with van der Waals surface area (Å²) in [6.45, 7) is 5.24. The minimum absolute atomic E-state index is 0.161. The first kappa shape index (κ1) is 15.8. The molecule has 2 atom stereocenters. The number of nitrogens with zero attached hydrogens (tertiary/aromatic N) is 1. The third kappa shape index (κ3) is 4.39. The van der Waals surface area contributed by atoms with Crippen LogP contribution in [0.25, 0.3) is 0 Å². The molecule has 19 heavy (non-hydrogen) atoms. The predicted molar refractivity (Wildman–Crippen MR) is 71.4 cm³/mol. The molecule has 1 saturated heterocycles. The number of rotatable bonds is 6. The molecular formula is C11H19N3O4S. The second-order valence-electron chi connectivity index (χ2n) is 4.54. The number of hydrogen-bond donors (Lipinski definition) is 2. The van der Waals surface area contributed by atoms with Crippen molar-refractivity contribution in [3.63, 3.8) is 0 Å². The molecule has 7 nitrogen and oxygen atoms in total. The first-order valence-corrected chi connectivity index (χ1v) is 6.97. The van der Waals surface area contributed by atoms with Crippen molar-refractivity contribution in [2.45, 2.75) is 39.0 Å². The van der Waals surface area contributed by atoms with E-state index in [1.54, 1.807) is 20.8 Å². The lowest BCUT2D eigenvalue weighted by Crippen LogP contribution is -2.36. The summed E-state index contributed by atoms with van der Waals surface area (Å²) >= 11 is 1.21. The molecule has 1 aliphatic heterocycles. The van der Waals surface area contributed by atoms with Gasteiger partial charge in [-0.1, -0.05) is 11.9 Å². The number of amides is 3. The summed E-state index contributed by atoms with van der Waals surface area (Å²) in [6.07, 6.45) is -0.161. The number of esters is 1. The summed E-state index contributed by atoms with van der Waals surface area (Å²) in [4.78, 5) is 35.3. The van der Waals surface area contributed by atoms with Gasteiger partial charge in [-0.15, -0.1) is 0 Å². The van der Waals surface area contributed by atoms with E-state index in [9.17, 15) is 14.4 Å². The zero-order valence-corrected chi connectivity index (χ0v) is 12.2. The molecule has 1 aliphatic rings. The SMILES string of the molecule is CC(C)OC(=O)[C@@H](C)NSC[C@@H]1NC(=O)N(C)C1=O. The molecule has 3 amide bonds. The maximum atomic E-state index is 11.6. The van der Waals surface area contributed by atoms with E-state index in [2.05, 4.69) is 10.0 Å². The van der Waals surface area contributed by atoms with E-state index < -0.39 is 18.1 Å². The Morgan fingerprint density at radius 3 is 2.58 bits per heavy atom. The second-order valence-corrected chi connectivity index (χ2v) is 5.39. The van der Waals surface area contributed by atoms with Crippen LogP contribution >= 0.6 is 11.9 Å². The topological polar surface area (TPSA) is 87.7 Å². The third-order valence-corrected chi connectivity index (χ3v) is 3.47. The summed E-state index contributed by atoms with van der Waals surface area (Å²) < 4.78 is 7.92. The average molecular weight is 289 g/mol. The molecule has 1 heterocycles. The van der Waals surface area contributed by atoms with Crippen LogP contribution < -0.4 is 10.0 Å². The summed E-state index contributed by atoms with van der Waals surface area (Å²) in [5.74, 6) is -0.257. The fourth-order valence-electron chi connectivity index (χ4n) is 1.39. The summed E-state index contributed by atoms with van der Waals surface area (Å²) in [5.41, 5.74) is 0. The zero-order chi connectivity index (χ0) is 14.6. The van der Waals surface area contributed by atoms with Gasteiger partial charge in [0, 0.05) is 12.8 Å². The van der Waals surface area contributed by atoms with Gasteiger partial charge in [-0.3, -0.25) is 19.2 Å². The van der Waals surface area contributed by atoms with Crippen LogP contribution in [0.2, 0.25) is 0 Å². The first-order valence-electron chi connectivity index (χ1n) is 5.98. The minimum Gasteiger partial charge on any atom is -0.462 e. The number of carbonyl (C=O) groups excluding carboxylic acids is 3. The summed E-state index contributed by atoms with van der Waals surface area (Å²) in [5, 5.41) is 2.55. The zero-order valence-electron chi connectivity index (χ0n) is 11.4.